The van der Waals surface area contributed by atoms with E-state index < -0.39 is 0 Å². The minimum Gasteiger partial charge on any atom is -0.329 e. The molecule has 1 unspecified atom stereocenters. The van der Waals surface area contributed by atoms with Gasteiger partial charge in [0.1, 0.15) is 0 Å². The fourth-order valence-electron chi connectivity index (χ4n) is 2.45. The number of nitrogens with two attached hydrogens (primary N) is 1. The van der Waals surface area contributed by atoms with E-state index >= 15 is 0 Å². The number of hydrogen-bond donors (Lipinski definition) is 1. The molecule has 5 nitrogen and oxygen atoms in total. The summed E-state index contributed by atoms with van der Waals surface area (Å²) in [6.45, 7) is 1.02. The molecule has 104 valence electrons. The van der Waals surface area contributed by atoms with Gasteiger partial charge in [0.05, 0.1) is 15.5 Å². The molecule has 2 N–H and O–H groups in total. The van der Waals surface area contributed by atoms with Crippen LogP contribution in [0.1, 0.15) is 18.4 Å². The first-order valence-electron chi connectivity index (χ1n) is 6.36. The van der Waals surface area contributed by atoms with Gasteiger partial charge in [-0.05, 0) is 31.9 Å². The zero-order valence-electron chi connectivity index (χ0n) is 10.9. The van der Waals surface area contributed by atoms with Crippen LogP contribution < -0.4 is 5.73 Å². The van der Waals surface area contributed by atoms with Gasteiger partial charge >= 0.3 is 0 Å². The van der Waals surface area contributed by atoms with Gasteiger partial charge in [0.25, 0.3) is 5.69 Å². The summed E-state index contributed by atoms with van der Waals surface area (Å²) < 4.78 is 0. The highest BCUT2D eigenvalue weighted by Crippen LogP contribution is 2.36. The molecule has 0 aromatic heterocycles. The van der Waals surface area contributed by atoms with Gasteiger partial charge in [-0.1, -0.05) is 17.7 Å². The second-order valence-electron chi connectivity index (χ2n) is 5.05. The third kappa shape index (κ3) is 3.23. The van der Waals surface area contributed by atoms with Crippen molar-refractivity contribution < 1.29 is 4.92 Å². The Morgan fingerprint density at radius 2 is 2.26 bits per heavy atom. The molecule has 1 aliphatic carbocycles. The smallest absolute Gasteiger partial charge is 0.275 e. The van der Waals surface area contributed by atoms with Gasteiger partial charge in [0.15, 0.2) is 0 Å². The first-order chi connectivity index (χ1) is 9.04. The number of nitro benzene ring substituents is 1. The van der Waals surface area contributed by atoms with Crippen molar-refractivity contribution in [1.29, 1.82) is 0 Å². The topological polar surface area (TPSA) is 72.4 Å². The zero-order chi connectivity index (χ0) is 14.0. The van der Waals surface area contributed by atoms with Gasteiger partial charge in [-0.25, -0.2) is 0 Å². The molecular weight excluding hydrogens is 266 g/mol. The van der Waals surface area contributed by atoms with E-state index in [4.69, 9.17) is 17.3 Å². The Kier molecular flexibility index (Phi) is 4.39. The second kappa shape index (κ2) is 5.86. The van der Waals surface area contributed by atoms with Gasteiger partial charge in [-0.2, -0.15) is 0 Å². The van der Waals surface area contributed by atoms with E-state index in [-0.39, 0.29) is 16.7 Å². The molecule has 0 radical (unpaired) electrons. The van der Waals surface area contributed by atoms with Crippen LogP contribution in [-0.2, 0) is 6.54 Å². The highest BCUT2D eigenvalue weighted by Gasteiger charge is 2.33. The Morgan fingerprint density at radius 1 is 1.58 bits per heavy atom. The Hall–Kier alpha value is -1.17. The molecule has 1 atom stereocenters. The standard InChI is InChI=1S/C13H18ClN3O2/c1-16(13(7-15)9-5-6-9)8-10-11(14)3-2-4-12(10)17(18)19/h2-4,9,13H,5-8,15H2,1H3. The van der Waals surface area contributed by atoms with Crippen molar-refractivity contribution in [3.63, 3.8) is 0 Å². The summed E-state index contributed by atoms with van der Waals surface area (Å²) in [5.74, 6) is 0.622. The highest BCUT2D eigenvalue weighted by atomic mass is 35.5. The molecule has 0 saturated heterocycles. The fraction of sp³-hybridized carbons (Fsp3) is 0.538. The lowest BCUT2D eigenvalue weighted by Gasteiger charge is -2.27. The number of hydrogen-bond acceptors (Lipinski definition) is 4. The SMILES string of the molecule is CN(Cc1c(Cl)cccc1[N+](=O)[O-])C(CN)C1CC1. The van der Waals surface area contributed by atoms with Crippen molar-refractivity contribution in [3.05, 3.63) is 38.9 Å². The molecule has 1 aromatic carbocycles. The van der Waals surface area contributed by atoms with E-state index in [0.29, 0.717) is 29.6 Å². The molecule has 1 fully saturated rings. The van der Waals surface area contributed by atoms with E-state index in [1.807, 2.05) is 7.05 Å². The largest absolute Gasteiger partial charge is 0.329 e. The number of halogens is 1. The monoisotopic (exact) mass is 283 g/mol. The molecule has 19 heavy (non-hydrogen) atoms. The molecule has 0 spiro atoms. The van der Waals surface area contributed by atoms with E-state index in [9.17, 15) is 10.1 Å². The summed E-state index contributed by atoms with van der Waals surface area (Å²) in [6.07, 6.45) is 2.38. The number of likely N-dealkylation sites (N-methyl/N-ethyl adjacent to an activating group) is 1. The first kappa shape index (κ1) is 14.2. The normalized spacial score (nSPS) is 16.6. The van der Waals surface area contributed by atoms with Crippen LogP contribution in [0.2, 0.25) is 5.02 Å². The molecule has 2 rings (SSSR count). The molecule has 1 saturated carbocycles. The van der Waals surface area contributed by atoms with Crippen LogP contribution in [0, 0.1) is 16.0 Å². The summed E-state index contributed by atoms with van der Waals surface area (Å²) in [5.41, 5.74) is 6.44. The van der Waals surface area contributed by atoms with Crippen molar-refractivity contribution in [2.75, 3.05) is 13.6 Å². The minimum atomic E-state index is -0.385. The zero-order valence-corrected chi connectivity index (χ0v) is 11.6. The Bertz CT molecular complexity index is 477. The van der Waals surface area contributed by atoms with Crippen molar-refractivity contribution in [3.8, 4) is 0 Å². The molecule has 6 heteroatoms. The molecule has 0 aliphatic heterocycles. The van der Waals surface area contributed by atoms with Crippen LogP contribution in [0.25, 0.3) is 0 Å². The average Bonchev–Trinajstić information content (AvgIpc) is 3.17. The predicted octanol–water partition coefficient (Wildman–Crippen LogP) is 2.42. The fourth-order valence-corrected chi connectivity index (χ4v) is 2.68. The van der Waals surface area contributed by atoms with E-state index in [2.05, 4.69) is 4.90 Å². The highest BCUT2D eigenvalue weighted by molar-refractivity contribution is 6.31. The number of benzene rings is 1. The Labute approximate surface area is 117 Å². The molecule has 0 heterocycles. The van der Waals surface area contributed by atoms with Crippen LogP contribution in [-0.4, -0.2) is 29.5 Å². The number of rotatable bonds is 6. The van der Waals surface area contributed by atoms with Crippen molar-refractivity contribution in [1.82, 2.24) is 4.90 Å². The Balaban J connectivity index is 2.19. The van der Waals surface area contributed by atoms with Gasteiger partial charge < -0.3 is 5.73 Å². The molecule has 0 amide bonds. The second-order valence-corrected chi connectivity index (χ2v) is 5.46. The Morgan fingerprint density at radius 3 is 2.79 bits per heavy atom. The summed E-state index contributed by atoms with van der Waals surface area (Å²) >= 11 is 6.10. The van der Waals surface area contributed by atoms with Crippen LogP contribution in [0.5, 0.6) is 0 Å². The van der Waals surface area contributed by atoms with Crippen LogP contribution in [0.4, 0.5) is 5.69 Å². The summed E-state index contributed by atoms with van der Waals surface area (Å²) in [5, 5.41) is 11.5. The maximum atomic E-state index is 11.0. The summed E-state index contributed by atoms with van der Waals surface area (Å²) in [7, 11) is 1.95. The lowest BCUT2D eigenvalue weighted by atomic mass is 10.1. The van der Waals surface area contributed by atoms with Gasteiger partial charge in [-0.15, -0.1) is 0 Å². The van der Waals surface area contributed by atoms with Gasteiger partial charge in [-0.3, -0.25) is 15.0 Å². The molecule has 1 aliphatic rings. The minimum absolute atomic E-state index is 0.0749. The lowest BCUT2D eigenvalue weighted by molar-refractivity contribution is -0.385. The van der Waals surface area contributed by atoms with Crippen LogP contribution >= 0.6 is 11.6 Å². The van der Waals surface area contributed by atoms with E-state index in [1.165, 1.54) is 18.9 Å². The molecule has 0 bridgehead atoms. The summed E-state index contributed by atoms with van der Waals surface area (Å²) in [4.78, 5) is 12.7. The average molecular weight is 284 g/mol. The molecule has 1 aromatic rings. The van der Waals surface area contributed by atoms with Crippen LogP contribution in [0.15, 0.2) is 18.2 Å². The van der Waals surface area contributed by atoms with E-state index in [0.717, 1.165) is 0 Å². The number of nitro groups is 1. The lowest BCUT2D eigenvalue weighted by Crippen LogP contribution is -2.39. The van der Waals surface area contributed by atoms with Crippen LogP contribution in [0.3, 0.4) is 0 Å². The number of nitrogens with zero attached hydrogens (tertiary/aromatic N) is 2. The third-order valence-corrected chi connectivity index (χ3v) is 4.03. The quantitative estimate of drug-likeness (QED) is 0.643. The summed E-state index contributed by atoms with van der Waals surface area (Å²) in [6, 6.07) is 5.05. The predicted molar refractivity (Wildman–Crippen MR) is 75.1 cm³/mol. The maximum absolute atomic E-state index is 11.0. The van der Waals surface area contributed by atoms with Crippen molar-refractivity contribution in [2.45, 2.75) is 25.4 Å². The van der Waals surface area contributed by atoms with Gasteiger partial charge in [0.2, 0.25) is 0 Å². The first-order valence-corrected chi connectivity index (χ1v) is 6.74. The molecular formula is C13H18ClN3O2. The van der Waals surface area contributed by atoms with Crippen molar-refractivity contribution >= 4 is 17.3 Å². The van der Waals surface area contributed by atoms with E-state index in [1.54, 1.807) is 12.1 Å². The maximum Gasteiger partial charge on any atom is 0.275 e. The van der Waals surface area contributed by atoms with Gasteiger partial charge in [0, 0.05) is 25.2 Å². The van der Waals surface area contributed by atoms with Crippen molar-refractivity contribution in [2.24, 2.45) is 11.7 Å². The third-order valence-electron chi connectivity index (χ3n) is 3.67.